The molecule has 0 aliphatic carbocycles. The van der Waals surface area contributed by atoms with E-state index in [1.807, 2.05) is 37.3 Å². The first kappa shape index (κ1) is 16.8. The van der Waals surface area contributed by atoms with Crippen LogP contribution < -0.4 is 5.32 Å². The molecule has 3 rings (SSSR count). The Hall–Kier alpha value is -3.02. The molecule has 0 saturated heterocycles. The van der Waals surface area contributed by atoms with Crippen molar-refractivity contribution in [2.45, 2.75) is 20.0 Å². The molecule has 0 unspecified atom stereocenters. The molecule has 0 aliphatic heterocycles. The molecule has 1 heterocycles. The molecule has 1 amide bonds. The fourth-order valence-corrected chi connectivity index (χ4v) is 2.53. The van der Waals surface area contributed by atoms with Crippen molar-refractivity contribution in [3.05, 3.63) is 77.5 Å². The first-order valence-electron chi connectivity index (χ1n) is 7.94. The molecule has 0 saturated carbocycles. The Morgan fingerprint density at radius 3 is 2.52 bits per heavy atom. The smallest absolute Gasteiger partial charge is 0.272 e. The number of hydrogen-bond acceptors (Lipinski definition) is 2. The minimum Gasteiger partial charge on any atom is -0.347 e. The first-order chi connectivity index (χ1) is 12.1. The summed E-state index contributed by atoms with van der Waals surface area (Å²) in [5.74, 6) is -2.16. The molecule has 25 heavy (non-hydrogen) atoms. The van der Waals surface area contributed by atoms with E-state index < -0.39 is 11.6 Å². The summed E-state index contributed by atoms with van der Waals surface area (Å²) in [7, 11) is 0. The lowest BCUT2D eigenvalue weighted by atomic mass is 10.1. The van der Waals surface area contributed by atoms with Gasteiger partial charge in [-0.2, -0.15) is 5.10 Å². The lowest BCUT2D eigenvalue weighted by molar-refractivity contribution is 0.0945. The highest BCUT2D eigenvalue weighted by atomic mass is 19.2. The highest BCUT2D eigenvalue weighted by molar-refractivity contribution is 5.93. The second-order valence-electron chi connectivity index (χ2n) is 5.53. The second kappa shape index (κ2) is 7.25. The van der Waals surface area contributed by atoms with Crippen LogP contribution in [-0.4, -0.2) is 15.7 Å². The molecular formula is C19H17F2N3O. The fraction of sp³-hybridized carbons (Fsp3) is 0.158. The minimum atomic E-state index is -0.934. The molecule has 1 aromatic heterocycles. The maximum atomic E-state index is 13.5. The van der Waals surface area contributed by atoms with Crippen LogP contribution >= 0.6 is 0 Å². The maximum Gasteiger partial charge on any atom is 0.272 e. The molecule has 2 aromatic carbocycles. The standard InChI is InChI=1S/C19H17F2N3O/c1-2-24-18(14-8-9-15(20)16(21)10-14)11-17(23-24)19(25)22-12-13-6-4-3-5-7-13/h3-11H,2,12H2,1H3,(H,22,25). The summed E-state index contributed by atoms with van der Waals surface area (Å²) in [4.78, 5) is 12.3. The SMILES string of the molecule is CCn1nc(C(=O)NCc2ccccc2)cc1-c1ccc(F)c(F)c1. The van der Waals surface area contributed by atoms with Gasteiger partial charge in [-0.3, -0.25) is 9.48 Å². The third-order valence-electron chi connectivity index (χ3n) is 3.82. The average molecular weight is 341 g/mol. The Morgan fingerprint density at radius 2 is 1.84 bits per heavy atom. The van der Waals surface area contributed by atoms with Crippen molar-refractivity contribution < 1.29 is 13.6 Å². The van der Waals surface area contributed by atoms with Crippen LogP contribution in [0.5, 0.6) is 0 Å². The Morgan fingerprint density at radius 1 is 1.08 bits per heavy atom. The van der Waals surface area contributed by atoms with Crippen LogP contribution in [0.4, 0.5) is 8.78 Å². The quantitative estimate of drug-likeness (QED) is 0.768. The second-order valence-corrected chi connectivity index (χ2v) is 5.53. The van der Waals surface area contributed by atoms with E-state index in [0.29, 0.717) is 24.3 Å². The Balaban J connectivity index is 1.82. The van der Waals surface area contributed by atoms with Crippen LogP contribution in [0.3, 0.4) is 0 Å². The maximum absolute atomic E-state index is 13.5. The van der Waals surface area contributed by atoms with Crippen molar-refractivity contribution in [3.63, 3.8) is 0 Å². The van der Waals surface area contributed by atoms with E-state index in [0.717, 1.165) is 17.7 Å². The number of carbonyl (C=O) groups is 1. The zero-order chi connectivity index (χ0) is 17.8. The summed E-state index contributed by atoms with van der Waals surface area (Å²) in [6, 6.07) is 14.7. The number of aromatic nitrogens is 2. The predicted octanol–water partition coefficient (Wildman–Crippen LogP) is 3.78. The van der Waals surface area contributed by atoms with Gasteiger partial charge in [-0.1, -0.05) is 30.3 Å². The van der Waals surface area contributed by atoms with Gasteiger partial charge < -0.3 is 5.32 Å². The molecule has 1 N–H and O–H groups in total. The number of rotatable bonds is 5. The number of aryl methyl sites for hydroxylation is 1. The van der Waals surface area contributed by atoms with Crippen molar-refractivity contribution in [2.24, 2.45) is 0 Å². The molecule has 0 radical (unpaired) electrons. The number of nitrogens with one attached hydrogen (secondary N) is 1. The normalized spacial score (nSPS) is 10.7. The number of carbonyl (C=O) groups excluding carboxylic acids is 1. The topological polar surface area (TPSA) is 46.9 Å². The first-order valence-corrected chi connectivity index (χ1v) is 7.94. The lowest BCUT2D eigenvalue weighted by Crippen LogP contribution is -2.23. The van der Waals surface area contributed by atoms with E-state index >= 15 is 0 Å². The van der Waals surface area contributed by atoms with Crippen molar-refractivity contribution in [3.8, 4) is 11.3 Å². The number of benzene rings is 2. The van der Waals surface area contributed by atoms with Crippen LogP contribution in [-0.2, 0) is 13.1 Å². The molecule has 6 heteroatoms. The zero-order valence-electron chi connectivity index (χ0n) is 13.7. The Bertz CT molecular complexity index is 891. The minimum absolute atomic E-state index is 0.234. The third kappa shape index (κ3) is 3.74. The Kier molecular flexibility index (Phi) is 4.88. The number of halogens is 2. The highest BCUT2D eigenvalue weighted by Crippen LogP contribution is 2.23. The lowest BCUT2D eigenvalue weighted by Gasteiger charge is -2.04. The van der Waals surface area contributed by atoms with Crippen LogP contribution in [0.15, 0.2) is 54.6 Å². The third-order valence-corrected chi connectivity index (χ3v) is 3.82. The van der Waals surface area contributed by atoms with E-state index in [1.165, 1.54) is 6.07 Å². The molecular weight excluding hydrogens is 324 g/mol. The molecule has 4 nitrogen and oxygen atoms in total. The summed E-state index contributed by atoms with van der Waals surface area (Å²) in [6.45, 7) is 2.75. The molecule has 0 aliphatic rings. The molecule has 0 spiro atoms. The van der Waals surface area contributed by atoms with Gasteiger partial charge in [0.2, 0.25) is 0 Å². The average Bonchev–Trinajstić information content (AvgIpc) is 3.07. The van der Waals surface area contributed by atoms with Gasteiger partial charge in [0.1, 0.15) is 0 Å². The summed E-state index contributed by atoms with van der Waals surface area (Å²) < 4.78 is 28.2. The Labute approximate surface area is 144 Å². The van der Waals surface area contributed by atoms with Gasteiger partial charge in [0.25, 0.3) is 5.91 Å². The van der Waals surface area contributed by atoms with E-state index in [-0.39, 0.29) is 11.6 Å². The van der Waals surface area contributed by atoms with Crippen molar-refractivity contribution in [1.29, 1.82) is 0 Å². The highest BCUT2D eigenvalue weighted by Gasteiger charge is 2.16. The largest absolute Gasteiger partial charge is 0.347 e. The summed E-state index contributed by atoms with van der Waals surface area (Å²) in [5.41, 5.74) is 2.24. The molecule has 0 atom stereocenters. The van der Waals surface area contributed by atoms with E-state index in [4.69, 9.17) is 0 Å². The van der Waals surface area contributed by atoms with Crippen molar-refractivity contribution in [1.82, 2.24) is 15.1 Å². The van der Waals surface area contributed by atoms with Gasteiger partial charge >= 0.3 is 0 Å². The predicted molar refractivity (Wildman–Crippen MR) is 90.9 cm³/mol. The fourth-order valence-electron chi connectivity index (χ4n) is 2.53. The van der Waals surface area contributed by atoms with Crippen LogP contribution in [0.25, 0.3) is 11.3 Å². The monoisotopic (exact) mass is 341 g/mol. The molecule has 3 aromatic rings. The van der Waals surface area contributed by atoms with Crippen LogP contribution in [0.2, 0.25) is 0 Å². The van der Waals surface area contributed by atoms with Gasteiger partial charge in [0.05, 0.1) is 5.69 Å². The number of hydrogen-bond donors (Lipinski definition) is 1. The zero-order valence-corrected chi connectivity index (χ0v) is 13.7. The van der Waals surface area contributed by atoms with Gasteiger partial charge in [0, 0.05) is 18.7 Å². The number of amides is 1. The van der Waals surface area contributed by atoms with Crippen molar-refractivity contribution >= 4 is 5.91 Å². The molecule has 0 fully saturated rings. The molecule has 128 valence electrons. The van der Waals surface area contributed by atoms with Gasteiger partial charge in [-0.15, -0.1) is 0 Å². The number of nitrogens with zero attached hydrogens (tertiary/aromatic N) is 2. The van der Waals surface area contributed by atoms with Gasteiger partial charge in [-0.25, -0.2) is 8.78 Å². The van der Waals surface area contributed by atoms with Crippen LogP contribution in [0.1, 0.15) is 23.0 Å². The van der Waals surface area contributed by atoms with E-state index in [9.17, 15) is 13.6 Å². The summed E-state index contributed by atoms with van der Waals surface area (Å²) >= 11 is 0. The van der Waals surface area contributed by atoms with Gasteiger partial charge in [-0.05, 0) is 36.8 Å². The molecule has 0 bridgehead atoms. The summed E-state index contributed by atoms with van der Waals surface area (Å²) in [5, 5.41) is 7.06. The van der Waals surface area contributed by atoms with Crippen molar-refractivity contribution in [2.75, 3.05) is 0 Å². The van der Waals surface area contributed by atoms with E-state index in [1.54, 1.807) is 10.7 Å². The summed E-state index contributed by atoms with van der Waals surface area (Å²) in [6.07, 6.45) is 0. The van der Waals surface area contributed by atoms with Crippen LogP contribution in [0, 0.1) is 11.6 Å². The van der Waals surface area contributed by atoms with Gasteiger partial charge in [0.15, 0.2) is 17.3 Å². The van der Waals surface area contributed by atoms with E-state index in [2.05, 4.69) is 10.4 Å².